The first kappa shape index (κ1) is 16.0. The maximum atomic E-state index is 12.7. The van der Waals surface area contributed by atoms with Crippen molar-refractivity contribution in [2.24, 2.45) is 0 Å². The van der Waals surface area contributed by atoms with E-state index in [0.29, 0.717) is 24.6 Å². The summed E-state index contributed by atoms with van der Waals surface area (Å²) < 4.78 is 0. The highest BCUT2D eigenvalue weighted by atomic mass is 16.2. The Kier molecular flexibility index (Phi) is 3.45. The van der Waals surface area contributed by atoms with E-state index in [2.05, 4.69) is 22.0 Å². The summed E-state index contributed by atoms with van der Waals surface area (Å²) in [6.45, 7) is 2.25. The Balaban J connectivity index is 1.29. The molecule has 3 amide bonds. The van der Waals surface area contributed by atoms with E-state index in [1.165, 1.54) is 12.8 Å². The Morgan fingerprint density at radius 3 is 2.81 bits per heavy atom. The lowest BCUT2D eigenvalue weighted by Crippen LogP contribution is -2.52. The molecule has 0 spiro atoms. The summed E-state index contributed by atoms with van der Waals surface area (Å²) in [6, 6.07) is 6.06. The van der Waals surface area contributed by atoms with Crippen LogP contribution in [0.4, 0.5) is 0 Å². The van der Waals surface area contributed by atoms with Crippen LogP contribution >= 0.6 is 0 Å². The maximum absolute atomic E-state index is 12.7. The third-order valence-corrected chi connectivity index (χ3v) is 6.26. The number of imide groups is 1. The minimum atomic E-state index is -0.551. The summed E-state index contributed by atoms with van der Waals surface area (Å²) in [5, 5.41) is 9.50. The molecule has 6 rings (SSSR count). The van der Waals surface area contributed by atoms with Crippen LogP contribution in [-0.4, -0.2) is 46.8 Å². The molecule has 1 unspecified atom stereocenters. The molecule has 1 aromatic carbocycles. The van der Waals surface area contributed by atoms with Gasteiger partial charge in [0, 0.05) is 43.2 Å². The molecule has 3 N–H and O–H groups in total. The predicted molar refractivity (Wildman–Crippen MR) is 93.1 cm³/mol. The molecule has 4 aliphatic heterocycles. The minimum Gasteiger partial charge on any atom is -0.322 e. The van der Waals surface area contributed by atoms with Gasteiger partial charge in [-0.25, -0.2) is 0 Å². The monoisotopic (exact) mass is 354 g/mol. The predicted octanol–water partition coefficient (Wildman–Crippen LogP) is 0.0416. The normalized spacial score (nSPS) is 32.5. The summed E-state index contributed by atoms with van der Waals surface area (Å²) >= 11 is 0. The van der Waals surface area contributed by atoms with Crippen molar-refractivity contribution in [2.75, 3.05) is 6.54 Å². The second kappa shape index (κ2) is 5.62. The first-order chi connectivity index (χ1) is 12.5. The third kappa shape index (κ3) is 2.46. The molecule has 0 radical (unpaired) electrons. The van der Waals surface area contributed by atoms with E-state index in [4.69, 9.17) is 0 Å². The van der Waals surface area contributed by atoms with Gasteiger partial charge in [0.25, 0.3) is 5.91 Å². The lowest BCUT2D eigenvalue weighted by atomic mass is 9.78. The molecule has 5 aliphatic rings. The highest BCUT2D eigenvalue weighted by Crippen LogP contribution is 2.38. The number of carbonyl (C=O) groups excluding carboxylic acids is 3. The van der Waals surface area contributed by atoms with Crippen molar-refractivity contribution in [3.05, 3.63) is 34.9 Å². The molecule has 0 aromatic heterocycles. The number of amides is 3. The molecular formula is C19H22N4O3. The Morgan fingerprint density at radius 2 is 2.08 bits per heavy atom. The zero-order valence-corrected chi connectivity index (χ0v) is 14.5. The number of carbonyl (C=O) groups is 3. The van der Waals surface area contributed by atoms with Crippen molar-refractivity contribution in [1.82, 2.24) is 20.9 Å². The van der Waals surface area contributed by atoms with Gasteiger partial charge in [-0.05, 0) is 36.5 Å². The van der Waals surface area contributed by atoms with Crippen LogP contribution in [0.5, 0.6) is 0 Å². The van der Waals surface area contributed by atoms with Crippen LogP contribution in [0.15, 0.2) is 18.2 Å². The van der Waals surface area contributed by atoms with Crippen LogP contribution in [0.3, 0.4) is 0 Å². The van der Waals surface area contributed by atoms with Crippen LogP contribution < -0.4 is 16.0 Å². The van der Waals surface area contributed by atoms with E-state index >= 15 is 0 Å². The number of rotatable bonds is 4. The van der Waals surface area contributed by atoms with Crippen LogP contribution in [0.2, 0.25) is 0 Å². The van der Waals surface area contributed by atoms with E-state index in [1.54, 1.807) is 4.90 Å². The van der Waals surface area contributed by atoms with Crippen molar-refractivity contribution in [2.45, 2.75) is 56.4 Å². The van der Waals surface area contributed by atoms with Gasteiger partial charge in [-0.2, -0.15) is 0 Å². The molecule has 1 saturated carbocycles. The smallest absolute Gasteiger partial charge is 0.255 e. The number of hydrogen-bond acceptors (Lipinski definition) is 5. The number of fused-ring (bicyclic) bond motifs is 2. The summed E-state index contributed by atoms with van der Waals surface area (Å²) in [5.41, 5.74) is 3.04. The van der Waals surface area contributed by atoms with Crippen molar-refractivity contribution in [3.8, 4) is 0 Å². The third-order valence-electron chi connectivity index (χ3n) is 6.26. The largest absolute Gasteiger partial charge is 0.322 e. The fourth-order valence-corrected chi connectivity index (χ4v) is 4.75. The lowest BCUT2D eigenvalue weighted by Gasteiger charge is -2.38. The molecule has 3 saturated heterocycles. The standard InChI is InChI=1S/C19H22N4O3/c24-16-4-3-15(17(25)22-16)23-9-12-5-11(1-2-14(12)18(23)26)8-21-19-6-13(7-19)20-10-19/h1-2,5,13,15,20-21H,3-4,6-10H2,(H,22,24,25). The van der Waals surface area contributed by atoms with Crippen LogP contribution in [0, 0.1) is 0 Å². The molecule has 136 valence electrons. The molecular weight excluding hydrogens is 332 g/mol. The van der Waals surface area contributed by atoms with Crippen molar-refractivity contribution < 1.29 is 14.4 Å². The van der Waals surface area contributed by atoms with Gasteiger partial charge in [-0.3, -0.25) is 19.7 Å². The fraction of sp³-hybridized carbons (Fsp3) is 0.526. The number of piperidine rings is 1. The van der Waals surface area contributed by atoms with E-state index in [-0.39, 0.29) is 29.7 Å². The summed E-state index contributed by atoms with van der Waals surface area (Å²) in [7, 11) is 0. The van der Waals surface area contributed by atoms with E-state index in [0.717, 1.165) is 24.2 Å². The van der Waals surface area contributed by atoms with E-state index in [9.17, 15) is 14.4 Å². The van der Waals surface area contributed by atoms with Gasteiger partial charge in [0.1, 0.15) is 6.04 Å². The van der Waals surface area contributed by atoms with Gasteiger partial charge in [-0.15, -0.1) is 0 Å². The molecule has 2 bridgehead atoms. The van der Waals surface area contributed by atoms with E-state index in [1.807, 2.05) is 12.1 Å². The van der Waals surface area contributed by atoms with Gasteiger partial charge >= 0.3 is 0 Å². The Labute approximate surface area is 151 Å². The second-order valence-corrected chi connectivity index (χ2v) is 8.01. The van der Waals surface area contributed by atoms with Crippen LogP contribution in [-0.2, 0) is 22.7 Å². The Bertz CT molecular complexity index is 809. The van der Waals surface area contributed by atoms with Gasteiger partial charge in [0.05, 0.1) is 0 Å². The summed E-state index contributed by atoms with van der Waals surface area (Å²) in [6.07, 6.45) is 3.07. The number of hydrogen-bond donors (Lipinski definition) is 3. The molecule has 26 heavy (non-hydrogen) atoms. The van der Waals surface area contributed by atoms with Crippen LogP contribution in [0.1, 0.15) is 47.2 Å². The average Bonchev–Trinajstić information content (AvgIpc) is 3.26. The lowest BCUT2D eigenvalue weighted by molar-refractivity contribution is -0.136. The molecule has 7 nitrogen and oxygen atoms in total. The highest BCUT2D eigenvalue weighted by molar-refractivity contribution is 6.05. The molecule has 1 aliphatic carbocycles. The molecule has 4 fully saturated rings. The number of nitrogens with zero attached hydrogens (tertiary/aromatic N) is 1. The van der Waals surface area contributed by atoms with Gasteiger partial charge < -0.3 is 15.5 Å². The molecule has 7 heteroatoms. The SMILES string of the molecule is O=C1CCC(N2Cc3cc(CNC45CNC(C4)C5)ccc3C2=O)C(=O)N1. The zero-order valence-electron chi connectivity index (χ0n) is 14.5. The number of benzene rings is 1. The summed E-state index contributed by atoms with van der Waals surface area (Å²) in [5.74, 6) is -0.742. The van der Waals surface area contributed by atoms with Crippen molar-refractivity contribution in [3.63, 3.8) is 0 Å². The fourth-order valence-electron chi connectivity index (χ4n) is 4.75. The quantitative estimate of drug-likeness (QED) is 0.665. The van der Waals surface area contributed by atoms with E-state index < -0.39 is 6.04 Å². The molecule has 4 heterocycles. The van der Waals surface area contributed by atoms with Gasteiger partial charge in [-0.1, -0.05) is 12.1 Å². The minimum absolute atomic E-state index is 0.116. The Hall–Kier alpha value is -2.25. The van der Waals surface area contributed by atoms with Crippen molar-refractivity contribution >= 4 is 17.7 Å². The van der Waals surface area contributed by atoms with Gasteiger partial charge in [0.2, 0.25) is 11.8 Å². The first-order valence-corrected chi connectivity index (χ1v) is 9.28. The maximum Gasteiger partial charge on any atom is 0.255 e. The topological polar surface area (TPSA) is 90.5 Å². The molecule has 1 atom stereocenters. The zero-order chi connectivity index (χ0) is 17.9. The first-order valence-electron chi connectivity index (χ1n) is 9.28. The summed E-state index contributed by atoms with van der Waals surface area (Å²) in [4.78, 5) is 37.7. The Morgan fingerprint density at radius 1 is 1.23 bits per heavy atom. The highest BCUT2D eigenvalue weighted by Gasteiger charge is 2.49. The van der Waals surface area contributed by atoms with Crippen LogP contribution in [0.25, 0.3) is 0 Å². The van der Waals surface area contributed by atoms with Gasteiger partial charge in [0.15, 0.2) is 0 Å². The molecule has 1 aromatic rings. The second-order valence-electron chi connectivity index (χ2n) is 8.01. The van der Waals surface area contributed by atoms with Crippen molar-refractivity contribution in [1.29, 1.82) is 0 Å². The average molecular weight is 354 g/mol. The number of nitrogens with one attached hydrogen (secondary N) is 3.